The van der Waals surface area contributed by atoms with E-state index >= 15 is 0 Å². The van der Waals surface area contributed by atoms with E-state index in [-0.39, 0.29) is 6.03 Å². The number of benzene rings is 2. The summed E-state index contributed by atoms with van der Waals surface area (Å²) in [5.74, 6) is 1.42. The van der Waals surface area contributed by atoms with Crippen LogP contribution in [0, 0.1) is 13.8 Å². The quantitative estimate of drug-likeness (QED) is 0.711. The van der Waals surface area contributed by atoms with Crippen LogP contribution in [0.3, 0.4) is 0 Å². The van der Waals surface area contributed by atoms with Gasteiger partial charge in [0.15, 0.2) is 0 Å². The predicted molar refractivity (Wildman–Crippen MR) is 105 cm³/mol. The zero-order chi connectivity index (χ0) is 18.1. The number of carbonyl (C=O) groups excluding carboxylic acids is 1. The molecular weight excluding hydrogens is 324 g/mol. The molecule has 0 unspecified atom stereocenters. The van der Waals surface area contributed by atoms with Gasteiger partial charge in [0.25, 0.3) is 0 Å². The number of fused-ring (bicyclic) bond motifs is 1. The number of aromatic amines is 1. The fourth-order valence-electron chi connectivity index (χ4n) is 3.54. The highest BCUT2D eigenvalue weighted by Crippen LogP contribution is 2.28. The van der Waals surface area contributed by atoms with Crippen molar-refractivity contribution in [3.63, 3.8) is 0 Å². The highest BCUT2D eigenvalue weighted by atomic mass is 16.2. The Morgan fingerprint density at radius 3 is 2.62 bits per heavy atom. The molecule has 5 heteroatoms. The third kappa shape index (κ3) is 3.29. The largest absolute Gasteiger partial charge is 0.342 e. The number of likely N-dealkylation sites (tertiary alicyclic amines) is 1. The molecular formula is C21H24N4O. The Kier molecular flexibility index (Phi) is 4.37. The molecule has 4 rings (SSSR count). The van der Waals surface area contributed by atoms with Gasteiger partial charge in [0.05, 0.1) is 11.0 Å². The standard InChI is InChI=1S/C21H24N4O/c1-14-7-8-17(13-15(14)2)22-21(26)25-11-9-16(10-12-25)20-23-18-5-3-4-6-19(18)24-20/h3-8,13,16H,9-12H2,1-2H3,(H,22,26)(H,23,24). The summed E-state index contributed by atoms with van der Waals surface area (Å²) in [6.45, 7) is 5.63. The first-order chi connectivity index (χ1) is 12.6. The molecule has 2 amide bonds. The highest BCUT2D eigenvalue weighted by molar-refractivity contribution is 5.89. The number of nitrogens with zero attached hydrogens (tertiary/aromatic N) is 2. The Labute approximate surface area is 153 Å². The SMILES string of the molecule is Cc1ccc(NC(=O)N2CCC(c3nc4ccccc4[nH]3)CC2)cc1C. The summed E-state index contributed by atoms with van der Waals surface area (Å²) in [6, 6.07) is 14.1. The lowest BCUT2D eigenvalue weighted by molar-refractivity contribution is 0.193. The van der Waals surface area contributed by atoms with Crippen molar-refractivity contribution in [2.45, 2.75) is 32.6 Å². The Bertz CT molecular complexity index is 905. The van der Waals surface area contributed by atoms with Crippen molar-refractivity contribution in [2.75, 3.05) is 18.4 Å². The number of piperidine rings is 1. The van der Waals surface area contributed by atoms with Gasteiger partial charge in [0, 0.05) is 24.7 Å². The molecule has 1 aliphatic rings. The minimum Gasteiger partial charge on any atom is -0.342 e. The minimum atomic E-state index is -0.0173. The number of aryl methyl sites for hydroxylation is 2. The number of aromatic nitrogens is 2. The molecule has 0 aliphatic carbocycles. The summed E-state index contributed by atoms with van der Waals surface area (Å²) >= 11 is 0. The molecule has 0 spiro atoms. The number of rotatable bonds is 2. The number of hydrogen-bond acceptors (Lipinski definition) is 2. The Hall–Kier alpha value is -2.82. The van der Waals surface area contributed by atoms with Crippen LogP contribution in [0.5, 0.6) is 0 Å². The normalized spacial score (nSPS) is 15.4. The molecule has 2 aromatic carbocycles. The molecule has 1 aromatic heterocycles. The fraction of sp³-hybridized carbons (Fsp3) is 0.333. The molecule has 0 atom stereocenters. The third-order valence-corrected chi connectivity index (χ3v) is 5.33. The zero-order valence-electron chi connectivity index (χ0n) is 15.2. The van der Waals surface area contributed by atoms with Crippen LogP contribution in [-0.4, -0.2) is 34.0 Å². The second kappa shape index (κ2) is 6.83. The lowest BCUT2D eigenvalue weighted by atomic mass is 9.96. The molecule has 1 saturated heterocycles. The molecule has 1 aliphatic heterocycles. The molecule has 0 bridgehead atoms. The van der Waals surface area contributed by atoms with E-state index in [9.17, 15) is 4.79 Å². The number of para-hydroxylation sites is 2. The average Bonchev–Trinajstić information content (AvgIpc) is 3.09. The van der Waals surface area contributed by atoms with Crippen LogP contribution in [0.15, 0.2) is 42.5 Å². The number of hydrogen-bond donors (Lipinski definition) is 2. The van der Waals surface area contributed by atoms with E-state index in [1.54, 1.807) is 0 Å². The molecule has 0 saturated carbocycles. The van der Waals surface area contributed by atoms with Gasteiger partial charge in [-0.1, -0.05) is 18.2 Å². The van der Waals surface area contributed by atoms with Crippen molar-refractivity contribution in [1.82, 2.24) is 14.9 Å². The Morgan fingerprint density at radius 1 is 1.12 bits per heavy atom. The van der Waals surface area contributed by atoms with E-state index in [0.29, 0.717) is 5.92 Å². The van der Waals surface area contributed by atoms with Gasteiger partial charge in [0.1, 0.15) is 5.82 Å². The smallest absolute Gasteiger partial charge is 0.321 e. The number of urea groups is 1. The maximum absolute atomic E-state index is 12.5. The second-order valence-electron chi connectivity index (χ2n) is 7.13. The van der Waals surface area contributed by atoms with E-state index in [4.69, 9.17) is 4.98 Å². The topological polar surface area (TPSA) is 61.0 Å². The van der Waals surface area contributed by atoms with Crippen LogP contribution in [0.1, 0.15) is 35.7 Å². The van der Waals surface area contributed by atoms with Crippen LogP contribution in [-0.2, 0) is 0 Å². The maximum Gasteiger partial charge on any atom is 0.321 e. The van der Waals surface area contributed by atoms with Gasteiger partial charge in [-0.3, -0.25) is 0 Å². The maximum atomic E-state index is 12.5. The summed E-state index contributed by atoms with van der Waals surface area (Å²) in [5.41, 5.74) is 5.37. The van der Waals surface area contributed by atoms with E-state index in [1.165, 1.54) is 11.1 Å². The average molecular weight is 348 g/mol. The minimum absolute atomic E-state index is 0.0173. The van der Waals surface area contributed by atoms with Gasteiger partial charge in [-0.25, -0.2) is 9.78 Å². The molecule has 1 fully saturated rings. The molecule has 3 aromatic rings. The number of anilines is 1. The van der Waals surface area contributed by atoms with Crippen molar-refractivity contribution in [2.24, 2.45) is 0 Å². The van der Waals surface area contributed by atoms with E-state index in [0.717, 1.165) is 48.5 Å². The Balaban J connectivity index is 1.38. The van der Waals surface area contributed by atoms with Crippen LogP contribution in [0.2, 0.25) is 0 Å². The summed E-state index contributed by atoms with van der Waals surface area (Å²) in [6.07, 6.45) is 1.86. The zero-order valence-corrected chi connectivity index (χ0v) is 15.2. The van der Waals surface area contributed by atoms with Gasteiger partial charge in [-0.15, -0.1) is 0 Å². The van der Waals surface area contributed by atoms with Crippen LogP contribution >= 0.6 is 0 Å². The number of nitrogens with one attached hydrogen (secondary N) is 2. The first kappa shape index (κ1) is 16.6. The van der Waals surface area contributed by atoms with Crippen LogP contribution in [0.25, 0.3) is 11.0 Å². The summed E-state index contributed by atoms with van der Waals surface area (Å²) in [5, 5.41) is 3.02. The number of amides is 2. The van der Waals surface area contributed by atoms with Gasteiger partial charge in [0.2, 0.25) is 0 Å². The number of imidazole rings is 1. The molecule has 2 N–H and O–H groups in total. The monoisotopic (exact) mass is 348 g/mol. The van der Waals surface area contributed by atoms with Crippen molar-refractivity contribution < 1.29 is 4.79 Å². The van der Waals surface area contributed by atoms with Crippen molar-refractivity contribution >= 4 is 22.8 Å². The van der Waals surface area contributed by atoms with E-state index in [1.807, 2.05) is 41.3 Å². The summed E-state index contributed by atoms with van der Waals surface area (Å²) in [4.78, 5) is 22.6. The third-order valence-electron chi connectivity index (χ3n) is 5.33. The Morgan fingerprint density at radius 2 is 1.88 bits per heavy atom. The number of H-pyrrole nitrogens is 1. The van der Waals surface area contributed by atoms with Crippen molar-refractivity contribution in [3.05, 3.63) is 59.4 Å². The summed E-state index contributed by atoms with van der Waals surface area (Å²) in [7, 11) is 0. The highest BCUT2D eigenvalue weighted by Gasteiger charge is 2.25. The van der Waals surface area contributed by atoms with Gasteiger partial charge in [-0.2, -0.15) is 0 Å². The van der Waals surface area contributed by atoms with Gasteiger partial charge >= 0.3 is 6.03 Å². The summed E-state index contributed by atoms with van der Waals surface area (Å²) < 4.78 is 0. The van der Waals surface area contributed by atoms with Crippen molar-refractivity contribution in [1.29, 1.82) is 0 Å². The molecule has 26 heavy (non-hydrogen) atoms. The van der Waals surface area contributed by atoms with E-state index in [2.05, 4.69) is 30.2 Å². The molecule has 0 radical (unpaired) electrons. The van der Waals surface area contributed by atoms with Crippen molar-refractivity contribution in [3.8, 4) is 0 Å². The fourth-order valence-corrected chi connectivity index (χ4v) is 3.54. The van der Waals surface area contributed by atoms with Crippen LogP contribution < -0.4 is 5.32 Å². The van der Waals surface area contributed by atoms with Gasteiger partial charge < -0.3 is 15.2 Å². The molecule has 5 nitrogen and oxygen atoms in total. The predicted octanol–water partition coefficient (Wildman–Crippen LogP) is 4.59. The lowest BCUT2D eigenvalue weighted by Crippen LogP contribution is -2.40. The van der Waals surface area contributed by atoms with Gasteiger partial charge in [-0.05, 0) is 62.1 Å². The number of carbonyl (C=O) groups is 1. The van der Waals surface area contributed by atoms with E-state index < -0.39 is 0 Å². The lowest BCUT2D eigenvalue weighted by Gasteiger charge is -2.31. The van der Waals surface area contributed by atoms with Crippen LogP contribution in [0.4, 0.5) is 10.5 Å². The molecule has 2 heterocycles. The second-order valence-corrected chi connectivity index (χ2v) is 7.13. The first-order valence-corrected chi connectivity index (χ1v) is 9.18. The molecule has 134 valence electrons. The first-order valence-electron chi connectivity index (χ1n) is 9.18.